The van der Waals surface area contributed by atoms with Gasteiger partial charge in [-0.2, -0.15) is 5.26 Å². The summed E-state index contributed by atoms with van der Waals surface area (Å²) in [6.45, 7) is 2.21. The molecule has 0 aliphatic heterocycles. The minimum absolute atomic E-state index is 0.169. The topological polar surface area (TPSA) is 82.0 Å². The number of nitriles is 1. The number of nitrogens with zero attached hydrogens (tertiary/aromatic N) is 1. The smallest absolute Gasteiger partial charge is 0.253 e. The van der Waals surface area contributed by atoms with Gasteiger partial charge >= 0.3 is 0 Å². The molecule has 1 aromatic carbocycles. The standard InChI is InChI=1S/C18H23N3O2/c1-2-13-7-9-14(10-8-13)20-18(23)15-5-3-4-6-16(15)21-17(22)11-12-19/h3-6,13-14H,2,7-11H2,1H3,(H,20,23)(H,21,22). The third kappa shape index (κ3) is 4.82. The Morgan fingerprint density at radius 2 is 1.91 bits per heavy atom. The molecule has 1 aliphatic rings. The lowest BCUT2D eigenvalue weighted by Gasteiger charge is -2.28. The first-order valence-corrected chi connectivity index (χ1v) is 8.20. The van der Waals surface area contributed by atoms with Crippen molar-refractivity contribution < 1.29 is 9.59 Å². The van der Waals surface area contributed by atoms with Crippen LogP contribution in [0.2, 0.25) is 0 Å². The molecule has 2 rings (SSSR count). The Kier molecular flexibility index (Phi) is 6.16. The largest absolute Gasteiger partial charge is 0.349 e. The number of hydrogen-bond acceptors (Lipinski definition) is 3. The van der Waals surface area contributed by atoms with Crippen molar-refractivity contribution in [1.82, 2.24) is 5.32 Å². The van der Waals surface area contributed by atoms with Gasteiger partial charge in [0.05, 0.1) is 17.3 Å². The van der Waals surface area contributed by atoms with Gasteiger partial charge in [-0.25, -0.2) is 0 Å². The van der Waals surface area contributed by atoms with Crippen molar-refractivity contribution in [3.63, 3.8) is 0 Å². The molecule has 0 aromatic heterocycles. The quantitative estimate of drug-likeness (QED) is 0.875. The van der Waals surface area contributed by atoms with Gasteiger partial charge in [-0.1, -0.05) is 25.5 Å². The predicted octanol–water partition coefficient (Wildman–Crippen LogP) is 3.24. The molecule has 1 saturated carbocycles. The van der Waals surface area contributed by atoms with E-state index in [9.17, 15) is 9.59 Å². The van der Waals surface area contributed by atoms with E-state index in [-0.39, 0.29) is 18.4 Å². The third-order valence-corrected chi connectivity index (χ3v) is 4.44. The fraction of sp³-hybridized carbons (Fsp3) is 0.500. The number of hydrogen-bond donors (Lipinski definition) is 2. The highest BCUT2D eigenvalue weighted by Crippen LogP contribution is 2.27. The maximum absolute atomic E-state index is 12.5. The van der Waals surface area contributed by atoms with Gasteiger partial charge in [-0.15, -0.1) is 0 Å². The van der Waals surface area contributed by atoms with Gasteiger partial charge in [-0.3, -0.25) is 9.59 Å². The molecule has 122 valence electrons. The van der Waals surface area contributed by atoms with E-state index in [4.69, 9.17) is 5.26 Å². The number of anilines is 1. The molecular formula is C18H23N3O2. The molecule has 2 N–H and O–H groups in total. The molecule has 1 fully saturated rings. The molecule has 0 unspecified atom stereocenters. The van der Waals surface area contributed by atoms with Crippen LogP contribution in [0.3, 0.4) is 0 Å². The van der Waals surface area contributed by atoms with E-state index in [1.165, 1.54) is 6.42 Å². The summed E-state index contributed by atoms with van der Waals surface area (Å²) < 4.78 is 0. The monoisotopic (exact) mass is 313 g/mol. The summed E-state index contributed by atoms with van der Waals surface area (Å²) in [7, 11) is 0. The summed E-state index contributed by atoms with van der Waals surface area (Å²) in [5.41, 5.74) is 0.892. The van der Waals surface area contributed by atoms with E-state index < -0.39 is 5.91 Å². The third-order valence-electron chi connectivity index (χ3n) is 4.44. The number of benzene rings is 1. The first-order chi connectivity index (χ1) is 11.1. The van der Waals surface area contributed by atoms with Crippen molar-refractivity contribution >= 4 is 17.5 Å². The second-order valence-corrected chi connectivity index (χ2v) is 6.03. The zero-order chi connectivity index (χ0) is 16.7. The zero-order valence-corrected chi connectivity index (χ0v) is 13.5. The molecule has 23 heavy (non-hydrogen) atoms. The highest BCUT2D eigenvalue weighted by molar-refractivity contribution is 6.04. The summed E-state index contributed by atoms with van der Waals surface area (Å²) in [5, 5.41) is 14.3. The van der Waals surface area contributed by atoms with Gasteiger partial charge in [0.2, 0.25) is 5.91 Å². The summed E-state index contributed by atoms with van der Waals surface area (Å²) in [6, 6.07) is 8.89. The Bertz CT molecular complexity index is 599. The predicted molar refractivity (Wildman–Crippen MR) is 88.8 cm³/mol. The Morgan fingerprint density at radius 1 is 1.22 bits per heavy atom. The molecular weight excluding hydrogens is 290 g/mol. The molecule has 2 amide bonds. The van der Waals surface area contributed by atoms with Crippen molar-refractivity contribution in [2.75, 3.05) is 5.32 Å². The van der Waals surface area contributed by atoms with Gasteiger partial charge in [0.1, 0.15) is 6.42 Å². The summed E-state index contributed by atoms with van der Waals surface area (Å²) in [5.74, 6) is 0.203. The first-order valence-electron chi connectivity index (χ1n) is 8.20. The molecule has 0 bridgehead atoms. The molecule has 5 heteroatoms. The van der Waals surface area contributed by atoms with Crippen LogP contribution in [0.15, 0.2) is 24.3 Å². The highest BCUT2D eigenvalue weighted by atomic mass is 16.2. The van der Waals surface area contributed by atoms with Crippen LogP contribution in [0.4, 0.5) is 5.69 Å². The summed E-state index contributed by atoms with van der Waals surface area (Å²) >= 11 is 0. The Balaban J connectivity index is 1.99. The Hall–Kier alpha value is -2.35. The first kappa shape index (κ1) is 17.0. The van der Waals surface area contributed by atoms with Crippen molar-refractivity contribution in [2.24, 2.45) is 5.92 Å². The number of carbonyl (C=O) groups excluding carboxylic acids is 2. The summed E-state index contributed by atoms with van der Waals surface area (Å²) in [6.07, 6.45) is 5.30. The number of carbonyl (C=O) groups is 2. The van der Waals surface area contributed by atoms with Crippen LogP contribution in [-0.2, 0) is 4.79 Å². The second kappa shape index (κ2) is 8.33. The Labute approximate surface area is 137 Å². The fourth-order valence-electron chi connectivity index (χ4n) is 3.03. The van der Waals surface area contributed by atoms with E-state index in [1.807, 2.05) is 0 Å². The van der Waals surface area contributed by atoms with Crippen molar-refractivity contribution in [3.05, 3.63) is 29.8 Å². The number of rotatable bonds is 5. The average Bonchev–Trinajstić information content (AvgIpc) is 2.56. The van der Waals surface area contributed by atoms with Crippen molar-refractivity contribution in [2.45, 2.75) is 51.5 Å². The number of amides is 2. The molecule has 0 radical (unpaired) electrons. The lowest BCUT2D eigenvalue weighted by atomic mass is 9.84. The van der Waals surface area contributed by atoms with Gasteiger partial charge in [0.15, 0.2) is 0 Å². The molecule has 0 saturated heterocycles. The van der Waals surface area contributed by atoms with Crippen molar-refractivity contribution in [3.8, 4) is 6.07 Å². The normalized spacial score (nSPS) is 20.3. The fourth-order valence-corrected chi connectivity index (χ4v) is 3.03. The second-order valence-electron chi connectivity index (χ2n) is 6.03. The minimum Gasteiger partial charge on any atom is -0.349 e. The number of para-hydroxylation sites is 1. The molecule has 5 nitrogen and oxygen atoms in total. The molecule has 0 atom stereocenters. The number of nitrogens with one attached hydrogen (secondary N) is 2. The van der Waals surface area contributed by atoms with E-state index >= 15 is 0 Å². The average molecular weight is 313 g/mol. The van der Waals surface area contributed by atoms with Crippen LogP contribution in [0.25, 0.3) is 0 Å². The minimum atomic E-state index is -0.406. The van der Waals surface area contributed by atoms with E-state index in [2.05, 4.69) is 17.6 Å². The lowest BCUT2D eigenvalue weighted by Crippen LogP contribution is -2.38. The van der Waals surface area contributed by atoms with Crippen LogP contribution in [0.5, 0.6) is 0 Å². The maximum Gasteiger partial charge on any atom is 0.253 e. The van der Waals surface area contributed by atoms with Crippen LogP contribution >= 0.6 is 0 Å². The van der Waals surface area contributed by atoms with Crippen molar-refractivity contribution in [1.29, 1.82) is 5.26 Å². The van der Waals surface area contributed by atoms with Crippen LogP contribution in [-0.4, -0.2) is 17.9 Å². The maximum atomic E-state index is 12.5. The zero-order valence-electron chi connectivity index (χ0n) is 13.5. The lowest BCUT2D eigenvalue weighted by molar-refractivity contribution is -0.115. The van der Waals surface area contributed by atoms with E-state index in [1.54, 1.807) is 30.3 Å². The van der Waals surface area contributed by atoms with Gasteiger partial charge in [0.25, 0.3) is 5.91 Å². The SMILES string of the molecule is CCC1CCC(NC(=O)c2ccccc2NC(=O)CC#N)CC1. The molecule has 0 spiro atoms. The van der Waals surface area contributed by atoms with Crippen LogP contribution in [0, 0.1) is 17.2 Å². The molecule has 0 heterocycles. The van der Waals surface area contributed by atoms with Gasteiger partial charge in [-0.05, 0) is 43.7 Å². The van der Waals surface area contributed by atoms with Gasteiger partial charge in [0, 0.05) is 6.04 Å². The van der Waals surface area contributed by atoms with E-state index in [0.29, 0.717) is 11.3 Å². The van der Waals surface area contributed by atoms with Crippen LogP contribution in [0.1, 0.15) is 55.8 Å². The highest BCUT2D eigenvalue weighted by Gasteiger charge is 2.22. The molecule has 1 aliphatic carbocycles. The summed E-state index contributed by atoms with van der Waals surface area (Å²) in [4.78, 5) is 24.1. The van der Waals surface area contributed by atoms with Crippen LogP contribution < -0.4 is 10.6 Å². The molecule has 1 aromatic rings. The van der Waals surface area contributed by atoms with E-state index in [0.717, 1.165) is 31.6 Å². The van der Waals surface area contributed by atoms with Gasteiger partial charge < -0.3 is 10.6 Å². The Morgan fingerprint density at radius 3 is 2.57 bits per heavy atom.